The molecule has 0 radical (unpaired) electrons. The van der Waals surface area contributed by atoms with E-state index >= 15 is 0 Å². The van der Waals surface area contributed by atoms with E-state index in [4.69, 9.17) is 4.40 Å². The van der Waals surface area contributed by atoms with Crippen LogP contribution in [0, 0.1) is 0 Å². The Morgan fingerprint density at radius 3 is 2.55 bits per heavy atom. The van der Waals surface area contributed by atoms with Gasteiger partial charge in [-0.25, -0.2) is 4.40 Å². The van der Waals surface area contributed by atoms with Crippen molar-refractivity contribution in [2.75, 3.05) is 0 Å². The summed E-state index contributed by atoms with van der Waals surface area (Å²) in [6, 6.07) is 18.7. The summed E-state index contributed by atoms with van der Waals surface area (Å²) >= 11 is 1.54. The molecule has 0 saturated heterocycles. The van der Waals surface area contributed by atoms with Gasteiger partial charge in [-0.2, -0.15) is 0 Å². The Kier molecular flexibility index (Phi) is 3.84. The van der Waals surface area contributed by atoms with Gasteiger partial charge in [-0.3, -0.25) is 0 Å². The zero-order valence-electron chi connectivity index (χ0n) is 11.1. The summed E-state index contributed by atoms with van der Waals surface area (Å²) < 4.78 is 4.75. The van der Waals surface area contributed by atoms with Crippen LogP contribution in [0.4, 0.5) is 0 Å². The molecule has 3 rings (SSSR count). The highest BCUT2D eigenvalue weighted by Gasteiger charge is 2.14. The van der Waals surface area contributed by atoms with Gasteiger partial charge in [-0.1, -0.05) is 54.6 Å². The van der Waals surface area contributed by atoms with Crippen LogP contribution >= 0.6 is 11.9 Å². The SMILES string of the molecule is C=CCC1=Cc2ccccc2SN=C1c1ccccc1. The molecule has 0 saturated carbocycles. The summed E-state index contributed by atoms with van der Waals surface area (Å²) in [5.74, 6) is 0. The Labute approximate surface area is 123 Å². The Hall–Kier alpha value is -2.06. The van der Waals surface area contributed by atoms with E-state index in [0.29, 0.717) is 0 Å². The first-order valence-corrected chi connectivity index (χ1v) is 7.37. The molecule has 1 heterocycles. The van der Waals surface area contributed by atoms with Gasteiger partial charge >= 0.3 is 0 Å². The standard InChI is InChI=1S/C18H15NS/c1-2-8-16-13-15-11-6-7-12-17(15)20-19-18(16)14-9-4-3-5-10-14/h2-7,9-13H,1,8H2. The molecular formula is C18H15NS. The summed E-state index contributed by atoms with van der Waals surface area (Å²) in [5.41, 5.74) is 4.64. The molecule has 20 heavy (non-hydrogen) atoms. The van der Waals surface area contributed by atoms with Crippen molar-refractivity contribution < 1.29 is 0 Å². The van der Waals surface area contributed by atoms with Gasteiger partial charge in [0.25, 0.3) is 0 Å². The summed E-state index contributed by atoms with van der Waals surface area (Å²) in [4.78, 5) is 1.19. The zero-order chi connectivity index (χ0) is 13.8. The van der Waals surface area contributed by atoms with E-state index in [1.165, 1.54) is 16.0 Å². The predicted octanol–water partition coefficient (Wildman–Crippen LogP) is 5.16. The number of hydrogen-bond donors (Lipinski definition) is 0. The zero-order valence-corrected chi connectivity index (χ0v) is 11.9. The van der Waals surface area contributed by atoms with Crippen molar-refractivity contribution in [2.24, 2.45) is 4.40 Å². The van der Waals surface area contributed by atoms with Gasteiger partial charge in [0.2, 0.25) is 0 Å². The minimum atomic E-state index is 0.822. The lowest BCUT2D eigenvalue weighted by atomic mass is 9.98. The number of fused-ring (bicyclic) bond motifs is 1. The Bertz CT molecular complexity index is 684. The van der Waals surface area contributed by atoms with Crippen molar-refractivity contribution in [3.8, 4) is 0 Å². The predicted molar refractivity (Wildman–Crippen MR) is 88.1 cm³/mol. The highest BCUT2D eigenvalue weighted by atomic mass is 32.2. The second kappa shape index (κ2) is 5.93. The quantitative estimate of drug-likeness (QED) is 0.558. The third-order valence-corrected chi connectivity index (χ3v) is 4.04. The van der Waals surface area contributed by atoms with E-state index < -0.39 is 0 Å². The minimum Gasteiger partial charge on any atom is -0.211 e. The van der Waals surface area contributed by atoms with Crippen LogP contribution in [0.1, 0.15) is 17.5 Å². The third kappa shape index (κ3) is 2.61. The molecule has 0 atom stereocenters. The average Bonchev–Trinajstić information content (AvgIpc) is 2.68. The van der Waals surface area contributed by atoms with Crippen molar-refractivity contribution in [3.63, 3.8) is 0 Å². The first-order valence-electron chi connectivity index (χ1n) is 6.60. The molecule has 1 nitrogen and oxygen atoms in total. The summed E-state index contributed by atoms with van der Waals surface area (Å²) in [6.07, 6.45) is 4.98. The molecule has 0 aromatic heterocycles. The first-order chi connectivity index (χ1) is 9.88. The average molecular weight is 277 g/mol. The molecule has 1 aliphatic rings. The third-order valence-electron chi connectivity index (χ3n) is 3.20. The highest BCUT2D eigenvalue weighted by molar-refractivity contribution is 7.98. The maximum absolute atomic E-state index is 4.75. The molecule has 0 aliphatic carbocycles. The fraction of sp³-hybridized carbons (Fsp3) is 0.0556. The van der Waals surface area contributed by atoms with Crippen LogP contribution in [0.5, 0.6) is 0 Å². The van der Waals surface area contributed by atoms with E-state index in [-0.39, 0.29) is 0 Å². The Balaban J connectivity index is 2.11. The maximum Gasteiger partial charge on any atom is 0.0824 e. The fourth-order valence-electron chi connectivity index (χ4n) is 2.24. The van der Waals surface area contributed by atoms with Crippen LogP contribution in [0.2, 0.25) is 0 Å². The molecule has 2 aromatic carbocycles. The summed E-state index contributed by atoms with van der Waals surface area (Å²) in [5, 5.41) is 0. The van der Waals surface area contributed by atoms with E-state index in [1.807, 2.05) is 24.3 Å². The minimum absolute atomic E-state index is 0.822. The Morgan fingerprint density at radius 1 is 1.00 bits per heavy atom. The lowest BCUT2D eigenvalue weighted by molar-refractivity contribution is 1.33. The van der Waals surface area contributed by atoms with Crippen LogP contribution in [0.15, 0.2) is 82.1 Å². The van der Waals surface area contributed by atoms with Crippen molar-refractivity contribution in [1.82, 2.24) is 0 Å². The molecule has 2 aromatic rings. The summed E-state index contributed by atoms with van der Waals surface area (Å²) in [6.45, 7) is 3.87. The first kappa shape index (κ1) is 12.9. The topological polar surface area (TPSA) is 12.4 Å². The van der Waals surface area contributed by atoms with Crippen molar-refractivity contribution in [2.45, 2.75) is 11.3 Å². The molecule has 0 spiro atoms. The number of rotatable bonds is 3. The van der Waals surface area contributed by atoms with E-state index in [9.17, 15) is 0 Å². The molecule has 2 heteroatoms. The van der Waals surface area contributed by atoms with Crippen LogP contribution in [-0.2, 0) is 0 Å². The maximum atomic E-state index is 4.75. The lowest BCUT2D eigenvalue weighted by Gasteiger charge is -2.07. The molecule has 98 valence electrons. The van der Waals surface area contributed by atoms with Gasteiger partial charge in [-0.05, 0) is 29.7 Å². The second-order valence-corrected chi connectivity index (χ2v) is 5.40. The van der Waals surface area contributed by atoms with Crippen molar-refractivity contribution in [3.05, 3.63) is 84.0 Å². The van der Waals surface area contributed by atoms with Crippen LogP contribution < -0.4 is 0 Å². The molecule has 0 fully saturated rings. The number of hydrogen-bond acceptors (Lipinski definition) is 2. The second-order valence-electron chi connectivity index (χ2n) is 4.60. The van der Waals surface area contributed by atoms with Gasteiger partial charge in [0.1, 0.15) is 0 Å². The molecule has 0 bridgehead atoms. The van der Waals surface area contributed by atoms with Gasteiger partial charge in [0.05, 0.1) is 5.71 Å². The monoisotopic (exact) mass is 277 g/mol. The van der Waals surface area contributed by atoms with Gasteiger partial charge < -0.3 is 0 Å². The highest BCUT2D eigenvalue weighted by Crippen LogP contribution is 2.32. The van der Waals surface area contributed by atoms with Gasteiger partial charge in [-0.15, -0.1) is 6.58 Å². The fourth-order valence-corrected chi connectivity index (χ4v) is 3.02. The normalized spacial score (nSPS) is 13.8. The number of benzene rings is 2. The largest absolute Gasteiger partial charge is 0.211 e. The Morgan fingerprint density at radius 2 is 1.75 bits per heavy atom. The van der Waals surface area contributed by atoms with Gasteiger partial charge in [0.15, 0.2) is 0 Å². The molecule has 0 N–H and O–H groups in total. The van der Waals surface area contributed by atoms with E-state index in [1.54, 1.807) is 11.9 Å². The van der Waals surface area contributed by atoms with Crippen molar-refractivity contribution in [1.29, 1.82) is 0 Å². The smallest absolute Gasteiger partial charge is 0.0824 e. The molecule has 0 unspecified atom stereocenters. The molecule has 1 aliphatic heterocycles. The lowest BCUT2D eigenvalue weighted by Crippen LogP contribution is -2.03. The number of allylic oxidation sites excluding steroid dienone is 2. The van der Waals surface area contributed by atoms with Crippen LogP contribution in [0.25, 0.3) is 6.08 Å². The van der Waals surface area contributed by atoms with E-state index in [0.717, 1.165) is 17.7 Å². The van der Waals surface area contributed by atoms with Crippen LogP contribution in [0.3, 0.4) is 0 Å². The van der Waals surface area contributed by atoms with Crippen LogP contribution in [-0.4, -0.2) is 5.71 Å². The molecular weight excluding hydrogens is 262 g/mol. The van der Waals surface area contributed by atoms with Crippen molar-refractivity contribution >= 4 is 23.7 Å². The van der Waals surface area contributed by atoms with E-state index in [2.05, 4.69) is 49.1 Å². The number of nitrogens with zero attached hydrogens (tertiary/aromatic N) is 1. The summed E-state index contributed by atoms with van der Waals surface area (Å²) in [7, 11) is 0. The molecule has 0 amide bonds. The van der Waals surface area contributed by atoms with Gasteiger partial charge in [0, 0.05) is 22.4 Å².